The molecule has 3 rings (SSSR count). The number of anilines is 1. The van der Waals surface area contributed by atoms with Crippen LogP contribution in [0, 0.1) is 5.92 Å². The quantitative estimate of drug-likeness (QED) is 0.743. The SMILES string of the molecule is Cn1ccnc(N2CCN(C(=O)C3CC3)CC2)c1=O. The fraction of sp³-hybridized carbons (Fsp3) is 0.615. The Morgan fingerprint density at radius 1 is 1.26 bits per heavy atom. The molecule has 1 aliphatic carbocycles. The van der Waals surface area contributed by atoms with E-state index in [4.69, 9.17) is 0 Å². The number of hydrogen-bond donors (Lipinski definition) is 0. The van der Waals surface area contributed by atoms with E-state index in [1.165, 1.54) is 4.57 Å². The average molecular weight is 262 g/mol. The molecule has 2 heterocycles. The number of nitrogens with zero attached hydrogens (tertiary/aromatic N) is 4. The molecule has 0 aromatic carbocycles. The van der Waals surface area contributed by atoms with Crippen molar-refractivity contribution in [2.45, 2.75) is 12.8 Å². The highest BCUT2D eigenvalue weighted by molar-refractivity contribution is 5.81. The van der Waals surface area contributed by atoms with Gasteiger partial charge in [-0.05, 0) is 12.8 Å². The monoisotopic (exact) mass is 262 g/mol. The summed E-state index contributed by atoms with van der Waals surface area (Å²) in [5, 5.41) is 0. The van der Waals surface area contributed by atoms with Gasteiger partial charge in [-0.15, -0.1) is 0 Å². The predicted octanol–water partition coefficient (Wildman–Crippen LogP) is -0.161. The molecule has 1 aromatic rings. The van der Waals surface area contributed by atoms with E-state index in [9.17, 15) is 9.59 Å². The molecule has 1 saturated carbocycles. The number of aryl methyl sites for hydroxylation is 1. The Morgan fingerprint density at radius 3 is 2.58 bits per heavy atom. The van der Waals surface area contributed by atoms with Gasteiger partial charge in [-0.2, -0.15) is 0 Å². The van der Waals surface area contributed by atoms with Crippen LogP contribution in [-0.2, 0) is 11.8 Å². The van der Waals surface area contributed by atoms with Crippen LogP contribution >= 0.6 is 0 Å². The molecule has 2 aliphatic rings. The third kappa shape index (κ3) is 2.34. The molecule has 1 aliphatic heterocycles. The van der Waals surface area contributed by atoms with Gasteiger partial charge >= 0.3 is 0 Å². The van der Waals surface area contributed by atoms with E-state index in [2.05, 4.69) is 4.98 Å². The van der Waals surface area contributed by atoms with Crippen molar-refractivity contribution in [3.8, 4) is 0 Å². The predicted molar refractivity (Wildman–Crippen MR) is 71.0 cm³/mol. The van der Waals surface area contributed by atoms with E-state index >= 15 is 0 Å². The van der Waals surface area contributed by atoms with Crippen molar-refractivity contribution in [3.05, 3.63) is 22.7 Å². The highest BCUT2D eigenvalue weighted by Crippen LogP contribution is 2.31. The van der Waals surface area contributed by atoms with Crippen molar-refractivity contribution in [2.24, 2.45) is 13.0 Å². The van der Waals surface area contributed by atoms with Gasteiger partial charge in [0.05, 0.1) is 0 Å². The second-order valence-electron chi connectivity index (χ2n) is 5.25. The minimum atomic E-state index is -0.0792. The van der Waals surface area contributed by atoms with Crippen molar-refractivity contribution >= 4 is 11.7 Å². The lowest BCUT2D eigenvalue weighted by Crippen LogP contribution is -2.50. The zero-order chi connectivity index (χ0) is 13.4. The van der Waals surface area contributed by atoms with E-state index in [1.807, 2.05) is 9.80 Å². The van der Waals surface area contributed by atoms with E-state index in [-0.39, 0.29) is 17.4 Å². The van der Waals surface area contributed by atoms with Crippen LogP contribution in [0.5, 0.6) is 0 Å². The Bertz CT molecular complexity index is 542. The van der Waals surface area contributed by atoms with Crippen molar-refractivity contribution in [1.82, 2.24) is 14.5 Å². The molecule has 0 unspecified atom stereocenters. The van der Waals surface area contributed by atoms with Crippen LogP contribution in [0.2, 0.25) is 0 Å². The van der Waals surface area contributed by atoms with Gasteiger partial charge in [0.25, 0.3) is 5.56 Å². The zero-order valence-electron chi connectivity index (χ0n) is 11.1. The van der Waals surface area contributed by atoms with Crippen LogP contribution in [0.15, 0.2) is 17.2 Å². The van der Waals surface area contributed by atoms with Crippen LogP contribution in [0.25, 0.3) is 0 Å². The Balaban J connectivity index is 1.68. The molecule has 0 atom stereocenters. The van der Waals surface area contributed by atoms with E-state index in [0.717, 1.165) is 12.8 Å². The average Bonchev–Trinajstić information content (AvgIpc) is 3.26. The third-order valence-electron chi connectivity index (χ3n) is 3.82. The summed E-state index contributed by atoms with van der Waals surface area (Å²) in [6, 6.07) is 0. The molecule has 0 bridgehead atoms. The molecule has 0 spiro atoms. The summed E-state index contributed by atoms with van der Waals surface area (Å²) in [6.45, 7) is 2.75. The van der Waals surface area contributed by atoms with Gasteiger partial charge in [0, 0.05) is 51.5 Å². The summed E-state index contributed by atoms with van der Waals surface area (Å²) in [7, 11) is 1.72. The second kappa shape index (κ2) is 4.68. The van der Waals surface area contributed by atoms with Crippen LogP contribution in [-0.4, -0.2) is 46.5 Å². The van der Waals surface area contributed by atoms with E-state index < -0.39 is 0 Å². The summed E-state index contributed by atoms with van der Waals surface area (Å²) in [5.41, 5.74) is -0.0792. The van der Waals surface area contributed by atoms with Crippen LogP contribution in [0.4, 0.5) is 5.82 Å². The lowest BCUT2D eigenvalue weighted by atomic mass is 10.2. The fourth-order valence-corrected chi connectivity index (χ4v) is 2.43. The van der Waals surface area contributed by atoms with Gasteiger partial charge in [-0.1, -0.05) is 0 Å². The second-order valence-corrected chi connectivity index (χ2v) is 5.25. The molecular formula is C13H18N4O2. The summed E-state index contributed by atoms with van der Waals surface area (Å²) >= 11 is 0. The summed E-state index contributed by atoms with van der Waals surface area (Å²) in [4.78, 5) is 32.0. The van der Waals surface area contributed by atoms with Gasteiger partial charge in [0.15, 0.2) is 5.82 Å². The Labute approximate surface area is 111 Å². The number of rotatable bonds is 2. The van der Waals surface area contributed by atoms with E-state index in [0.29, 0.717) is 32.0 Å². The Hall–Kier alpha value is -1.85. The molecule has 102 valence electrons. The normalized spacial score (nSPS) is 19.6. The van der Waals surface area contributed by atoms with Crippen molar-refractivity contribution in [3.63, 3.8) is 0 Å². The number of hydrogen-bond acceptors (Lipinski definition) is 4. The molecule has 1 aromatic heterocycles. The number of aromatic nitrogens is 2. The smallest absolute Gasteiger partial charge is 0.293 e. The van der Waals surface area contributed by atoms with Crippen LogP contribution in [0.3, 0.4) is 0 Å². The first kappa shape index (κ1) is 12.2. The standard InChI is InChI=1S/C13H18N4O2/c1-15-5-4-14-11(13(15)19)16-6-8-17(9-7-16)12(18)10-2-3-10/h4-5,10H,2-3,6-9H2,1H3. The number of carbonyl (C=O) groups excluding carboxylic acids is 1. The first-order chi connectivity index (χ1) is 9.16. The molecule has 2 fully saturated rings. The van der Waals surface area contributed by atoms with Crippen LogP contribution in [0.1, 0.15) is 12.8 Å². The first-order valence-corrected chi connectivity index (χ1v) is 6.72. The van der Waals surface area contributed by atoms with Gasteiger partial charge in [-0.3, -0.25) is 9.59 Å². The number of carbonyl (C=O) groups is 1. The highest BCUT2D eigenvalue weighted by Gasteiger charge is 2.34. The Morgan fingerprint density at radius 2 is 1.95 bits per heavy atom. The third-order valence-corrected chi connectivity index (χ3v) is 3.82. The topological polar surface area (TPSA) is 58.4 Å². The van der Waals surface area contributed by atoms with Gasteiger partial charge in [0.1, 0.15) is 0 Å². The minimum Gasteiger partial charge on any atom is -0.348 e. The van der Waals surface area contributed by atoms with Gasteiger partial charge in [0.2, 0.25) is 5.91 Å². The molecule has 6 heteroatoms. The molecule has 0 radical (unpaired) electrons. The minimum absolute atomic E-state index is 0.0792. The summed E-state index contributed by atoms with van der Waals surface area (Å²) in [6.07, 6.45) is 5.37. The Kier molecular flexibility index (Phi) is 3.00. The maximum atomic E-state index is 12.0. The summed E-state index contributed by atoms with van der Waals surface area (Å²) < 4.78 is 1.53. The molecule has 1 saturated heterocycles. The van der Waals surface area contributed by atoms with Gasteiger partial charge < -0.3 is 14.4 Å². The maximum absolute atomic E-state index is 12.0. The van der Waals surface area contributed by atoms with Crippen molar-refractivity contribution in [1.29, 1.82) is 0 Å². The molecular weight excluding hydrogens is 244 g/mol. The van der Waals surface area contributed by atoms with Crippen molar-refractivity contribution in [2.75, 3.05) is 31.1 Å². The number of amides is 1. The lowest BCUT2D eigenvalue weighted by molar-refractivity contribution is -0.132. The molecule has 19 heavy (non-hydrogen) atoms. The van der Waals surface area contributed by atoms with Gasteiger partial charge in [-0.25, -0.2) is 4.98 Å². The highest BCUT2D eigenvalue weighted by atomic mass is 16.2. The lowest BCUT2D eigenvalue weighted by Gasteiger charge is -2.35. The summed E-state index contributed by atoms with van der Waals surface area (Å²) in [5.74, 6) is 1.05. The molecule has 6 nitrogen and oxygen atoms in total. The molecule has 0 N–H and O–H groups in total. The molecule has 1 amide bonds. The maximum Gasteiger partial charge on any atom is 0.293 e. The first-order valence-electron chi connectivity index (χ1n) is 6.72. The largest absolute Gasteiger partial charge is 0.348 e. The fourth-order valence-electron chi connectivity index (χ4n) is 2.43. The number of piperazine rings is 1. The van der Waals surface area contributed by atoms with Crippen molar-refractivity contribution < 1.29 is 4.79 Å². The van der Waals surface area contributed by atoms with Crippen LogP contribution < -0.4 is 10.5 Å². The van der Waals surface area contributed by atoms with E-state index in [1.54, 1.807) is 19.4 Å². The zero-order valence-corrected chi connectivity index (χ0v) is 11.1.